The molecular weight excluding hydrogens is 406 g/mol. The van der Waals surface area contributed by atoms with E-state index in [1.807, 2.05) is 47.5 Å². The first-order valence-corrected chi connectivity index (χ1v) is 10.3. The van der Waals surface area contributed by atoms with Crippen molar-refractivity contribution in [1.82, 2.24) is 4.90 Å². The average Bonchev–Trinajstić information content (AvgIpc) is 3.35. The molecule has 1 aliphatic heterocycles. The molecule has 7 heteroatoms. The van der Waals surface area contributed by atoms with Gasteiger partial charge in [0.2, 0.25) is 0 Å². The number of benzene rings is 2. The van der Waals surface area contributed by atoms with E-state index in [2.05, 4.69) is 0 Å². The van der Waals surface area contributed by atoms with Gasteiger partial charge in [0.1, 0.15) is 5.70 Å². The number of hydrogen-bond donors (Lipinski definition) is 0. The van der Waals surface area contributed by atoms with E-state index < -0.39 is 23.4 Å². The summed E-state index contributed by atoms with van der Waals surface area (Å²) in [6.07, 6.45) is 0. The molecule has 152 valence electrons. The molecule has 0 saturated carbocycles. The zero-order valence-electron chi connectivity index (χ0n) is 16.1. The minimum absolute atomic E-state index is 0.00344. The van der Waals surface area contributed by atoms with E-state index in [1.165, 1.54) is 17.4 Å². The highest BCUT2D eigenvalue weighted by Crippen LogP contribution is 2.37. The first kappa shape index (κ1) is 20.0. The molecule has 4 nitrogen and oxygen atoms in total. The van der Waals surface area contributed by atoms with Crippen LogP contribution >= 0.6 is 11.3 Å². The minimum atomic E-state index is -1.11. The maximum Gasteiger partial charge on any atom is 0.282 e. The van der Waals surface area contributed by atoms with Crippen molar-refractivity contribution in [1.29, 1.82) is 0 Å². The summed E-state index contributed by atoms with van der Waals surface area (Å²) in [7, 11) is 0. The highest BCUT2D eigenvalue weighted by molar-refractivity contribution is 7.11. The summed E-state index contributed by atoms with van der Waals surface area (Å²) in [5.74, 6) is -3.25. The second kappa shape index (κ2) is 8.20. The minimum Gasteiger partial charge on any atom is -0.362 e. The fourth-order valence-corrected chi connectivity index (χ4v) is 4.23. The number of thiophene rings is 1. The van der Waals surface area contributed by atoms with Gasteiger partial charge in [0, 0.05) is 24.0 Å². The zero-order valence-corrected chi connectivity index (χ0v) is 17.0. The van der Waals surface area contributed by atoms with E-state index in [0.717, 1.165) is 22.6 Å². The summed E-state index contributed by atoms with van der Waals surface area (Å²) in [6.45, 7) is 2.83. The molecule has 0 unspecified atom stereocenters. The van der Waals surface area contributed by atoms with E-state index in [1.54, 1.807) is 12.1 Å². The van der Waals surface area contributed by atoms with Crippen molar-refractivity contribution in [3.8, 4) is 0 Å². The number of halogens is 2. The lowest BCUT2D eigenvalue weighted by atomic mass is 10.1. The SMILES string of the molecule is CCN(Cc1ccccc1)C1=C(c2cccs2)C(=O)N(c2ccc(F)c(F)c2)C1=O. The molecule has 0 atom stereocenters. The molecule has 2 amide bonds. The fourth-order valence-electron chi connectivity index (χ4n) is 3.47. The van der Waals surface area contributed by atoms with Crippen molar-refractivity contribution in [3.05, 3.63) is 93.8 Å². The van der Waals surface area contributed by atoms with Gasteiger partial charge in [-0.15, -0.1) is 11.3 Å². The van der Waals surface area contributed by atoms with E-state index >= 15 is 0 Å². The third kappa shape index (κ3) is 3.52. The van der Waals surface area contributed by atoms with E-state index in [0.29, 0.717) is 18.0 Å². The van der Waals surface area contributed by atoms with Crippen LogP contribution in [0.15, 0.2) is 71.7 Å². The Kier molecular flexibility index (Phi) is 5.46. The summed E-state index contributed by atoms with van der Waals surface area (Å²) in [6, 6.07) is 16.2. The van der Waals surface area contributed by atoms with Crippen molar-refractivity contribution in [3.63, 3.8) is 0 Å². The predicted octanol–water partition coefficient (Wildman–Crippen LogP) is 4.83. The molecule has 0 aliphatic carbocycles. The highest BCUT2D eigenvalue weighted by atomic mass is 32.1. The van der Waals surface area contributed by atoms with Gasteiger partial charge in [-0.25, -0.2) is 13.7 Å². The first-order valence-electron chi connectivity index (χ1n) is 9.42. The largest absolute Gasteiger partial charge is 0.362 e. The van der Waals surface area contributed by atoms with Crippen molar-refractivity contribution in [2.45, 2.75) is 13.5 Å². The molecule has 1 aliphatic rings. The molecule has 4 rings (SSSR count). The molecule has 30 heavy (non-hydrogen) atoms. The Hall–Kier alpha value is -3.32. The van der Waals surface area contributed by atoms with Gasteiger partial charge < -0.3 is 4.90 Å². The van der Waals surface area contributed by atoms with Crippen LogP contribution in [0, 0.1) is 11.6 Å². The molecule has 2 aromatic carbocycles. The molecule has 0 spiro atoms. The van der Waals surface area contributed by atoms with Gasteiger partial charge in [0.25, 0.3) is 11.8 Å². The van der Waals surface area contributed by atoms with Crippen LogP contribution in [-0.4, -0.2) is 23.3 Å². The van der Waals surface area contributed by atoms with Crippen LogP contribution in [0.1, 0.15) is 17.4 Å². The van der Waals surface area contributed by atoms with Crippen LogP contribution in [0.4, 0.5) is 14.5 Å². The molecule has 2 heterocycles. The molecular formula is C23H18F2N2O2S. The maximum atomic E-state index is 13.8. The second-order valence-corrected chi connectivity index (χ2v) is 7.69. The van der Waals surface area contributed by atoms with Crippen molar-refractivity contribution in [2.24, 2.45) is 0 Å². The smallest absolute Gasteiger partial charge is 0.282 e. The standard InChI is InChI=1S/C23H18F2N2O2S/c1-2-26(14-15-7-4-3-5-8-15)21-20(19-9-6-12-30-19)22(28)27(23(21)29)16-10-11-17(24)18(25)13-16/h3-13H,2,14H2,1H3. The lowest BCUT2D eigenvalue weighted by Crippen LogP contribution is -2.35. The van der Waals surface area contributed by atoms with Crippen LogP contribution in [0.5, 0.6) is 0 Å². The van der Waals surface area contributed by atoms with Crippen LogP contribution in [-0.2, 0) is 16.1 Å². The van der Waals surface area contributed by atoms with Crippen molar-refractivity contribution in [2.75, 3.05) is 11.4 Å². The van der Waals surface area contributed by atoms with Gasteiger partial charge in [-0.3, -0.25) is 9.59 Å². The number of imide groups is 1. The molecule has 0 fully saturated rings. The number of carbonyl (C=O) groups excluding carboxylic acids is 2. The monoisotopic (exact) mass is 424 g/mol. The Labute approximate surface area is 176 Å². The summed E-state index contributed by atoms with van der Waals surface area (Å²) < 4.78 is 27.2. The summed E-state index contributed by atoms with van der Waals surface area (Å²) >= 11 is 1.35. The number of anilines is 1. The summed E-state index contributed by atoms with van der Waals surface area (Å²) in [5.41, 5.74) is 1.53. The van der Waals surface area contributed by atoms with Crippen LogP contribution in [0.25, 0.3) is 5.57 Å². The Morgan fingerprint density at radius 2 is 1.70 bits per heavy atom. The number of nitrogens with zero attached hydrogens (tertiary/aromatic N) is 2. The van der Waals surface area contributed by atoms with Crippen LogP contribution in [0.3, 0.4) is 0 Å². The number of rotatable bonds is 6. The molecule has 1 aromatic heterocycles. The Balaban J connectivity index is 1.80. The van der Waals surface area contributed by atoms with Crippen LogP contribution in [0.2, 0.25) is 0 Å². The molecule has 0 bridgehead atoms. The number of carbonyl (C=O) groups is 2. The normalized spacial score (nSPS) is 14.0. The Morgan fingerprint density at radius 1 is 0.933 bits per heavy atom. The number of likely N-dealkylation sites (N-methyl/N-ethyl adjacent to an activating group) is 1. The first-order chi connectivity index (χ1) is 14.5. The molecule has 3 aromatic rings. The van der Waals surface area contributed by atoms with E-state index in [4.69, 9.17) is 0 Å². The number of hydrogen-bond acceptors (Lipinski definition) is 4. The predicted molar refractivity (Wildman–Crippen MR) is 113 cm³/mol. The third-order valence-corrected chi connectivity index (χ3v) is 5.79. The molecule has 0 saturated heterocycles. The Morgan fingerprint density at radius 3 is 2.33 bits per heavy atom. The maximum absolute atomic E-state index is 13.8. The van der Waals surface area contributed by atoms with Gasteiger partial charge in [-0.1, -0.05) is 36.4 Å². The van der Waals surface area contributed by atoms with Crippen LogP contribution < -0.4 is 4.90 Å². The lowest BCUT2D eigenvalue weighted by molar-refractivity contribution is -0.120. The third-order valence-electron chi connectivity index (χ3n) is 4.90. The molecule has 0 N–H and O–H groups in total. The fraction of sp³-hybridized carbons (Fsp3) is 0.130. The van der Waals surface area contributed by atoms with Gasteiger partial charge in [-0.05, 0) is 36.1 Å². The van der Waals surface area contributed by atoms with E-state index in [-0.39, 0.29) is 17.0 Å². The van der Waals surface area contributed by atoms with Crippen molar-refractivity contribution < 1.29 is 18.4 Å². The van der Waals surface area contributed by atoms with Gasteiger partial charge >= 0.3 is 0 Å². The lowest BCUT2D eigenvalue weighted by Gasteiger charge is -2.24. The van der Waals surface area contributed by atoms with Gasteiger partial charge in [-0.2, -0.15) is 0 Å². The zero-order chi connectivity index (χ0) is 21.3. The topological polar surface area (TPSA) is 40.6 Å². The molecule has 0 radical (unpaired) electrons. The summed E-state index contributed by atoms with van der Waals surface area (Å²) in [4.78, 5) is 30.1. The van der Waals surface area contributed by atoms with Gasteiger partial charge in [0.05, 0.1) is 11.3 Å². The Bertz CT molecular complexity index is 1130. The second-order valence-electron chi connectivity index (χ2n) is 6.74. The van der Waals surface area contributed by atoms with E-state index in [9.17, 15) is 18.4 Å². The highest BCUT2D eigenvalue weighted by Gasteiger charge is 2.42. The quantitative estimate of drug-likeness (QED) is 0.532. The number of amides is 2. The van der Waals surface area contributed by atoms with Gasteiger partial charge in [0.15, 0.2) is 11.6 Å². The average molecular weight is 424 g/mol. The summed E-state index contributed by atoms with van der Waals surface area (Å²) in [5, 5.41) is 1.82. The van der Waals surface area contributed by atoms with Crippen molar-refractivity contribution >= 4 is 34.4 Å².